The van der Waals surface area contributed by atoms with Gasteiger partial charge in [0.15, 0.2) is 18.0 Å². The van der Waals surface area contributed by atoms with Crippen molar-refractivity contribution in [2.45, 2.75) is 6.54 Å². The van der Waals surface area contributed by atoms with Crippen molar-refractivity contribution >= 4 is 17.5 Å². The fourth-order valence-corrected chi connectivity index (χ4v) is 3.06. The summed E-state index contributed by atoms with van der Waals surface area (Å²) in [6.45, 7) is 1.15. The molecule has 0 aromatic heterocycles. The summed E-state index contributed by atoms with van der Waals surface area (Å²) < 4.78 is 15.8. The largest absolute Gasteiger partial charge is 0.497 e. The van der Waals surface area contributed by atoms with Crippen molar-refractivity contribution in [1.29, 1.82) is 0 Å². The highest BCUT2D eigenvalue weighted by atomic mass is 16.7. The van der Waals surface area contributed by atoms with Gasteiger partial charge in [-0.15, -0.1) is 0 Å². The zero-order chi connectivity index (χ0) is 20.8. The number of carbonyl (C=O) groups is 2. The van der Waals surface area contributed by atoms with E-state index in [0.29, 0.717) is 18.0 Å². The highest BCUT2D eigenvalue weighted by Crippen LogP contribution is 2.32. The van der Waals surface area contributed by atoms with Crippen LogP contribution < -0.4 is 24.4 Å². The van der Waals surface area contributed by atoms with Crippen molar-refractivity contribution in [3.05, 3.63) is 48.0 Å². The van der Waals surface area contributed by atoms with Crippen LogP contribution >= 0.6 is 0 Å². The third-order valence-corrected chi connectivity index (χ3v) is 4.56. The molecule has 1 heterocycles. The molecule has 2 aromatic rings. The predicted octanol–water partition coefficient (Wildman–Crippen LogP) is 0.536. The maximum Gasteiger partial charge on any atom is 0.277 e. The Bertz CT molecular complexity index is 886. The second-order valence-corrected chi connectivity index (χ2v) is 7.03. The zero-order valence-electron chi connectivity index (χ0n) is 16.9. The van der Waals surface area contributed by atoms with Gasteiger partial charge in [0.2, 0.25) is 12.7 Å². The number of fused-ring (bicyclic) bond motifs is 1. The highest BCUT2D eigenvalue weighted by molar-refractivity contribution is 5.94. The summed E-state index contributed by atoms with van der Waals surface area (Å²) in [5.41, 5.74) is 1.68. The Labute approximate surface area is 170 Å². The summed E-state index contributed by atoms with van der Waals surface area (Å²) in [4.78, 5) is 27.2. The molecule has 1 aliphatic heterocycles. The van der Waals surface area contributed by atoms with Crippen LogP contribution in [0, 0.1) is 0 Å². The molecule has 0 saturated carbocycles. The number of nitrogens with zero attached hydrogens (tertiary/aromatic N) is 1. The number of carbonyl (C=O) groups excluding carboxylic acids is 2. The van der Waals surface area contributed by atoms with Gasteiger partial charge < -0.3 is 29.3 Å². The monoisotopic (exact) mass is 400 g/mol. The van der Waals surface area contributed by atoms with Crippen molar-refractivity contribution in [3.63, 3.8) is 0 Å². The molecule has 1 aliphatic rings. The maximum atomic E-state index is 12.5. The van der Waals surface area contributed by atoms with Crippen LogP contribution in [0.15, 0.2) is 42.5 Å². The number of ether oxygens (including phenoxy) is 3. The fraction of sp³-hybridized carbons (Fsp3) is 0.333. The van der Waals surface area contributed by atoms with E-state index in [0.717, 1.165) is 22.0 Å². The van der Waals surface area contributed by atoms with Crippen molar-refractivity contribution in [1.82, 2.24) is 4.90 Å². The second kappa shape index (κ2) is 9.29. The number of quaternary nitrogens is 1. The lowest BCUT2D eigenvalue weighted by Gasteiger charge is -2.20. The number of hydrogen-bond donors (Lipinski definition) is 2. The van der Waals surface area contributed by atoms with Gasteiger partial charge in [0.25, 0.3) is 5.91 Å². The normalized spacial score (nSPS) is 12.9. The molecule has 2 amide bonds. The molecule has 0 aliphatic carbocycles. The van der Waals surface area contributed by atoms with Crippen LogP contribution in [-0.4, -0.2) is 57.8 Å². The van der Waals surface area contributed by atoms with Gasteiger partial charge in [-0.2, -0.15) is 0 Å². The van der Waals surface area contributed by atoms with E-state index < -0.39 is 0 Å². The van der Waals surface area contributed by atoms with Crippen LogP contribution in [0.3, 0.4) is 0 Å². The Kier molecular flexibility index (Phi) is 6.56. The fourth-order valence-electron chi connectivity index (χ4n) is 3.06. The number of hydrogen-bond acceptors (Lipinski definition) is 5. The van der Waals surface area contributed by atoms with E-state index in [4.69, 9.17) is 14.2 Å². The van der Waals surface area contributed by atoms with Gasteiger partial charge in [0.05, 0.1) is 20.7 Å². The van der Waals surface area contributed by atoms with E-state index >= 15 is 0 Å². The third-order valence-electron chi connectivity index (χ3n) is 4.56. The first-order valence-corrected chi connectivity index (χ1v) is 9.32. The molecule has 1 atom stereocenters. The number of amides is 2. The van der Waals surface area contributed by atoms with Gasteiger partial charge >= 0.3 is 0 Å². The summed E-state index contributed by atoms with van der Waals surface area (Å²) in [6, 6.07) is 12.9. The van der Waals surface area contributed by atoms with Crippen molar-refractivity contribution in [2.75, 3.05) is 46.4 Å². The van der Waals surface area contributed by atoms with Crippen LogP contribution in [0.25, 0.3) is 0 Å². The highest BCUT2D eigenvalue weighted by Gasteiger charge is 2.19. The van der Waals surface area contributed by atoms with Crippen LogP contribution in [0.4, 0.5) is 5.69 Å². The number of benzene rings is 2. The van der Waals surface area contributed by atoms with Gasteiger partial charge in [-0.1, -0.05) is 6.07 Å². The first-order valence-electron chi connectivity index (χ1n) is 9.32. The number of nitrogens with one attached hydrogen (secondary N) is 2. The summed E-state index contributed by atoms with van der Waals surface area (Å²) >= 11 is 0. The Morgan fingerprint density at radius 3 is 2.76 bits per heavy atom. The molecule has 0 bridgehead atoms. The van der Waals surface area contributed by atoms with E-state index in [9.17, 15) is 9.59 Å². The molecule has 0 fully saturated rings. The van der Waals surface area contributed by atoms with Gasteiger partial charge in [-0.25, -0.2) is 0 Å². The molecular weight excluding hydrogens is 374 g/mol. The number of rotatable bonds is 8. The van der Waals surface area contributed by atoms with E-state index in [1.165, 1.54) is 4.90 Å². The second-order valence-electron chi connectivity index (χ2n) is 7.03. The molecule has 0 radical (unpaired) electrons. The molecule has 154 valence electrons. The molecule has 3 rings (SSSR count). The van der Waals surface area contributed by atoms with Gasteiger partial charge in [-0.3, -0.25) is 9.59 Å². The van der Waals surface area contributed by atoms with Gasteiger partial charge in [-0.05, 0) is 30.3 Å². The van der Waals surface area contributed by atoms with Crippen LogP contribution in [-0.2, 0) is 16.1 Å². The maximum absolute atomic E-state index is 12.5. The summed E-state index contributed by atoms with van der Waals surface area (Å²) in [5.74, 6) is 1.75. The number of anilines is 1. The van der Waals surface area contributed by atoms with Gasteiger partial charge in [0, 0.05) is 24.4 Å². The van der Waals surface area contributed by atoms with E-state index in [1.807, 2.05) is 25.2 Å². The number of likely N-dealkylation sites (N-methyl/N-ethyl adjacent to an activating group) is 2. The van der Waals surface area contributed by atoms with Crippen LogP contribution in [0.5, 0.6) is 17.2 Å². The molecule has 8 nitrogen and oxygen atoms in total. The molecule has 8 heteroatoms. The third kappa shape index (κ3) is 5.61. The zero-order valence-corrected chi connectivity index (χ0v) is 16.9. The van der Waals surface area contributed by atoms with Gasteiger partial charge in [0.1, 0.15) is 12.3 Å². The lowest BCUT2D eigenvalue weighted by atomic mass is 10.2. The molecular formula is C21H26N3O5+. The first-order chi connectivity index (χ1) is 13.9. The molecule has 2 aromatic carbocycles. The smallest absolute Gasteiger partial charge is 0.277 e. The van der Waals surface area contributed by atoms with Crippen LogP contribution in [0.1, 0.15) is 5.56 Å². The summed E-state index contributed by atoms with van der Waals surface area (Å²) in [7, 11) is 5.13. The Balaban J connectivity index is 1.47. The van der Waals surface area contributed by atoms with E-state index in [-0.39, 0.29) is 31.7 Å². The first kappa shape index (κ1) is 20.5. The Hall–Kier alpha value is -3.26. The topological polar surface area (TPSA) is 81.5 Å². The Morgan fingerprint density at radius 1 is 1.17 bits per heavy atom. The SMILES string of the molecule is COc1cccc(NC(=O)CN(C)C(=O)C[NH+](C)Cc2ccc3c(c2)OCO3)c1. The molecule has 29 heavy (non-hydrogen) atoms. The van der Waals surface area contributed by atoms with Crippen molar-refractivity contribution < 1.29 is 28.7 Å². The minimum atomic E-state index is -0.262. The lowest BCUT2D eigenvalue weighted by molar-refractivity contribution is -0.885. The molecule has 1 unspecified atom stereocenters. The standard InChI is InChI=1S/C21H25N3O5/c1-23(11-15-7-8-18-19(9-15)29-14-28-18)13-21(26)24(2)12-20(25)22-16-5-4-6-17(10-16)27-3/h4-10H,11-14H2,1-3H3,(H,22,25)/p+1. The van der Waals surface area contributed by atoms with E-state index in [1.54, 1.807) is 38.4 Å². The quantitative estimate of drug-likeness (QED) is 0.676. The minimum Gasteiger partial charge on any atom is -0.497 e. The summed E-state index contributed by atoms with van der Waals surface area (Å²) in [5, 5.41) is 2.77. The van der Waals surface area contributed by atoms with Crippen LogP contribution in [0.2, 0.25) is 0 Å². The van der Waals surface area contributed by atoms with Crippen molar-refractivity contribution in [3.8, 4) is 17.2 Å². The molecule has 2 N–H and O–H groups in total. The molecule has 0 saturated heterocycles. The average molecular weight is 400 g/mol. The number of methoxy groups -OCH3 is 1. The summed E-state index contributed by atoms with van der Waals surface area (Å²) in [6.07, 6.45) is 0. The minimum absolute atomic E-state index is 0.0205. The molecule has 0 spiro atoms. The average Bonchev–Trinajstić information content (AvgIpc) is 3.15. The lowest BCUT2D eigenvalue weighted by Crippen LogP contribution is -3.08. The Morgan fingerprint density at radius 2 is 1.97 bits per heavy atom. The van der Waals surface area contributed by atoms with E-state index in [2.05, 4.69) is 5.32 Å². The predicted molar refractivity (Wildman–Crippen MR) is 107 cm³/mol. The van der Waals surface area contributed by atoms with Crippen molar-refractivity contribution in [2.24, 2.45) is 0 Å².